The highest BCUT2D eigenvalue weighted by molar-refractivity contribution is 7.98. The van der Waals surface area contributed by atoms with Crippen LogP contribution in [-0.2, 0) is 10.5 Å². The number of halogens is 1. The van der Waals surface area contributed by atoms with Gasteiger partial charge in [0.25, 0.3) is 5.91 Å². The fraction of sp³-hybridized carbons (Fsp3) is 0.324. The second-order valence-corrected chi connectivity index (χ2v) is 12.2. The summed E-state index contributed by atoms with van der Waals surface area (Å²) >= 11 is 7.88. The Kier molecular flexibility index (Phi) is 10.2. The average molecular weight is 632 g/mol. The molecule has 0 fully saturated rings. The molecule has 1 aromatic heterocycles. The van der Waals surface area contributed by atoms with Gasteiger partial charge < -0.3 is 20.1 Å². The first-order valence-corrected chi connectivity index (χ1v) is 16.1. The summed E-state index contributed by atoms with van der Waals surface area (Å²) in [5.41, 5.74) is 5.92. The van der Waals surface area contributed by atoms with Gasteiger partial charge in [-0.05, 0) is 68.1 Å². The molecule has 1 aliphatic rings. The van der Waals surface area contributed by atoms with Crippen LogP contribution in [-0.4, -0.2) is 34.4 Å². The first-order chi connectivity index (χ1) is 21.3. The van der Waals surface area contributed by atoms with Crippen molar-refractivity contribution in [3.8, 4) is 11.5 Å². The van der Waals surface area contributed by atoms with Crippen molar-refractivity contribution < 1.29 is 14.3 Å². The number of ether oxygens (including phenoxy) is 2. The highest BCUT2D eigenvalue weighted by Gasteiger charge is 2.35. The molecule has 3 aromatic carbocycles. The Bertz CT molecular complexity index is 1690. The molecule has 0 spiro atoms. The Hall–Kier alpha value is -3.95. The maximum atomic E-state index is 14.0. The van der Waals surface area contributed by atoms with Crippen LogP contribution in [0.5, 0.6) is 11.5 Å². The number of allylic oxidation sites excluding steroid dienone is 1. The lowest BCUT2D eigenvalue weighted by Crippen LogP contribution is -2.31. The molecule has 4 aromatic rings. The fourth-order valence-electron chi connectivity index (χ4n) is 5.20. The zero-order chi connectivity index (χ0) is 31.2. The summed E-state index contributed by atoms with van der Waals surface area (Å²) < 4.78 is 13.6. The maximum absolute atomic E-state index is 14.0. The van der Waals surface area contributed by atoms with Crippen LogP contribution >= 0.6 is 23.4 Å². The number of fused-ring (bicyclic) bond motifs is 1. The van der Waals surface area contributed by atoms with Crippen LogP contribution < -0.4 is 20.1 Å². The first-order valence-electron chi connectivity index (χ1n) is 14.8. The van der Waals surface area contributed by atoms with E-state index in [2.05, 4.69) is 23.6 Å². The average Bonchev–Trinajstić information content (AvgIpc) is 3.42. The lowest BCUT2D eigenvalue weighted by molar-refractivity contribution is -0.113. The molecule has 8 nitrogen and oxygen atoms in total. The summed E-state index contributed by atoms with van der Waals surface area (Å²) in [5.74, 6) is 2.20. The molecule has 0 saturated carbocycles. The first kappa shape index (κ1) is 31.5. The number of hydrogen-bond acceptors (Lipinski definition) is 7. The van der Waals surface area contributed by atoms with E-state index < -0.39 is 6.04 Å². The molecule has 0 saturated heterocycles. The molecule has 0 radical (unpaired) electrons. The highest BCUT2D eigenvalue weighted by atomic mass is 35.5. The second-order valence-electron chi connectivity index (χ2n) is 10.8. The summed E-state index contributed by atoms with van der Waals surface area (Å²) in [5, 5.41) is 12.6. The molecule has 0 aliphatic carbocycles. The molecule has 2 N–H and O–H groups in total. The second kappa shape index (κ2) is 14.2. The number of rotatable bonds is 12. The molecule has 1 unspecified atom stereocenters. The van der Waals surface area contributed by atoms with Gasteiger partial charge in [-0.2, -0.15) is 4.98 Å². The minimum absolute atomic E-state index is 0.225. The predicted molar refractivity (Wildman–Crippen MR) is 178 cm³/mol. The zero-order valence-electron chi connectivity index (χ0n) is 25.7. The number of aromatic nitrogens is 3. The van der Waals surface area contributed by atoms with E-state index in [9.17, 15) is 4.79 Å². The van der Waals surface area contributed by atoms with Gasteiger partial charge >= 0.3 is 0 Å². The van der Waals surface area contributed by atoms with E-state index in [-0.39, 0.29) is 5.91 Å². The number of amides is 1. The van der Waals surface area contributed by atoms with E-state index in [1.807, 2.05) is 75.4 Å². The third kappa shape index (κ3) is 7.05. The smallest absolute Gasteiger partial charge is 0.255 e. The van der Waals surface area contributed by atoms with Crippen LogP contribution in [0.15, 0.2) is 77.1 Å². The molecule has 1 aliphatic heterocycles. The van der Waals surface area contributed by atoms with Crippen molar-refractivity contribution >= 4 is 40.9 Å². The molecule has 230 valence electrons. The summed E-state index contributed by atoms with van der Waals surface area (Å²) in [6.07, 6.45) is 3.19. The number of carbonyl (C=O) groups is 1. The number of carbonyl (C=O) groups excluding carboxylic acids is 1. The molecule has 44 heavy (non-hydrogen) atoms. The summed E-state index contributed by atoms with van der Waals surface area (Å²) in [7, 11) is 1.62. The van der Waals surface area contributed by atoms with Gasteiger partial charge in [0.2, 0.25) is 11.1 Å². The van der Waals surface area contributed by atoms with Crippen LogP contribution in [0.4, 0.5) is 11.6 Å². The van der Waals surface area contributed by atoms with Crippen molar-refractivity contribution in [3.63, 3.8) is 0 Å². The highest BCUT2D eigenvalue weighted by Crippen LogP contribution is 2.40. The zero-order valence-corrected chi connectivity index (χ0v) is 27.3. The lowest BCUT2D eigenvalue weighted by atomic mass is 9.94. The minimum Gasteiger partial charge on any atom is -0.493 e. The number of thioether (sulfide) groups is 1. The Morgan fingerprint density at radius 1 is 1.07 bits per heavy atom. The number of nitrogens with zero attached hydrogens (tertiary/aromatic N) is 3. The van der Waals surface area contributed by atoms with E-state index in [0.29, 0.717) is 51.3 Å². The predicted octanol–water partition coefficient (Wildman–Crippen LogP) is 8.35. The number of aryl methyl sites for hydroxylation is 2. The Balaban J connectivity index is 1.51. The largest absolute Gasteiger partial charge is 0.493 e. The lowest BCUT2D eigenvalue weighted by Gasteiger charge is -2.29. The van der Waals surface area contributed by atoms with Gasteiger partial charge in [0.05, 0.1) is 19.3 Å². The van der Waals surface area contributed by atoms with Gasteiger partial charge in [0.1, 0.15) is 6.04 Å². The summed E-state index contributed by atoms with van der Waals surface area (Å²) in [6, 6.07) is 18.9. The molecule has 1 atom stereocenters. The summed E-state index contributed by atoms with van der Waals surface area (Å²) in [4.78, 5) is 18.8. The molecule has 10 heteroatoms. The van der Waals surface area contributed by atoms with Gasteiger partial charge in [-0.1, -0.05) is 85.1 Å². The fourth-order valence-corrected chi connectivity index (χ4v) is 6.32. The Labute approximate surface area is 268 Å². The van der Waals surface area contributed by atoms with Gasteiger partial charge in [-0.3, -0.25) is 4.79 Å². The number of hydrogen-bond donors (Lipinski definition) is 2. The number of benzene rings is 3. The van der Waals surface area contributed by atoms with Crippen LogP contribution in [0.1, 0.15) is 61.4 Å². The van der Waals surface area contributed by atoms with Gasteiger partial charge in [0, 0.05) is 22.2 Å². The van der Waals surface area contributed by atoms with Crippen LogP contribution in [0, 0.1) is 13.8 Å². The van der Waals surface area contributed by atoms with E-state index in [1.165, 1.54) is 11.8 Å². The van der Waals surface area contributed by atoms with Crippen LogP contribution in [0.3, 0.4) is 0 Å². The Morgan fingerprint density at radius 2 is 1.89 bits per heavy atom. The van der Waals surface area contributed by atoms with E-state index in [0.717, 1.165) is 47.2 Å². The van der Waals surface area contributed by atoms with Crippen molar-refractivity contribution in [2.24, 2.45) is 0 Å². The van der Waals surface area contributed by atoms with Gasteiger partial charge in [-0.15, -0.1) is 5.10 Å². The van der Waals surface area contributed by atoms with Crippen molar-refractivity contribution in [2.75, 3.05) is 24.4 Å². The number of unbranched alkanes of at least 4 members (excludes halogenated alkanes) is 2. The van der Waals surface area contributed by atoms with Crippen molar-refractivity contribution in [2.45, 2.75) is 63.9 Å². The van der Waals surface area contributed by atoms with Crippen molar-refractivity contribution in [1.82, 2.24) is 14.8 Å². The molecule has 1 amide bonds. The quantitative estimate of drug-likeness (QED) is 0.120. The van der Waals surface area contributed by atoms with Gasteiger partial charge in [-0.25, -0.2) is 4.68 Å². The maximum Gasteiger partial charge on any atom is 0.255 e. The number of anilines is 2. The molecular formula is C34H38ClN5O3S. The van der Waals surface area contributed by atoms with Crippen LogP contribution in [0.2, 0.25) is 5.02 Å². The monoisotopic (exact) mass is 631 g/mol. The van der Waals surface area contributed by atoms with E-state index in [4.69, 9.17) is 31.2 Å². The minimum atomic E-state index is -0.567. The van der Waals surface area contributed by atoms with Crippen LogP contribution in [0.25, 0.3) is 0 Å². The topological polar surface area (TPSA) is 90.3 Å². The van der Waals surface area contributed by atoms with E-state index in [1.54, 1.807) is 11.8 Å². The van der Waals surface area contributed by atoms with E-state index >= 15 is 0 Å². The standard InChI is InChI=1S/C34H38ClN5O3S/c1-6-7-10-17-43-28-16-14-24(19-29(28)42-5)31-30(32(41)37-27-15-13-21(2)18-22(27)3)23(4)36-33-38-34(39-40(31)33)44-20-25-11-8-9-12-26(25)35/h8-9,11-16,18-19,31H,6-7,10,17,20H2,1-5H3,(H,37,41)(H,36,38,39). The molecule has 2 heterocycles. The molecule has 0 bridgehead atoms. The third-order valence-electron chi connectivity index (χ3n) is 7.53. The van der Waals surface area contributed by atoms with Gasteiger partial charge in [0.15, 0.2) is 11.5 Å². The Morgan fingerprint density at radius 3 is 2.64 bits per heavy atom. The number of nitrogens with one attached hydrogen (secondary N) is 2. The number of methoxy groups -OCH3 is 1. The van der Waals surface area contributed by atoms with Crippen molar-refractivity contribution in [3.05, 3.63) is 99.2 Å². The molecular weight excluding hydrogens is 594 g/mol. The normalized spacial score (nSPS) is 14.2. The SMILES string of the molecule is CCCCCOc1ccc(C2C(C(=O)Nc3ccc(C)cc3C)=C(C)Nc3nc(SCc4ccccc4Cl)nn32)cc1OC. The van der Waals surface area contributed by atoms with Crippen molar-refractivity contribution in [1.29, 1.82) is 0 Å². The third-order valence-corrected chi connectivity index (χ3v) is 8.79. The summed E-state index contributed by atoms with van der Waals surface area (Å²) in [6.45, 7) is 8.68. The molecule has 5 rings (SSSR count).